The molecule has 0 saturated heterocycles. The van der Waals surface area contributed by atoms with E-state index in [1.165, 1.54) is 0 Å². The van der Waals surface area contributed by atoms with Crippen LogP contribution in [0.3, 0.4) is 0 Å². The Balaban J connectivity index is 2.64. The number of nitrogens with one attached hydrogen (secondary N) is 1. The molecule has 0 fully saturated rings. The predicted octanol–water partition coefficient (Wildman–Crippen LogP) is 1.85. The Morgan fingerprint density at radius 2 is 1.85 bits per heavy atom. The number of allylic oxidation sites excluding steroid dienone is 1. The fourth-order valence-electron chi connectivity index (χ4n) is 1.58. The second kappa shape index (κ2) is 12.8. The highest BCUT2D eigenvalue weighted by molar-refractivity contribution is 7.48. The van der Waals surface area contributed by atoms with Gasteiger partial charge < -0.3 is 23.9 Å². The molecular formula is C14H20B2NO8P. The third kappa shape index (κ3) is 9.28. The van der Waals surface area contributed by atoms with Crippen molar-refractivity contribution in [2.24, 2.45) is 0 Å². The second-order valence-electron chi connectivity index (χ2n) is 4.71. The summed E-state index contributed by atoms with van der Waals surface area (Å²) >= 11 is 0. The van der Waals surface area contributed by atoms with Crippen LogP contribution in [0, 0.1) is 0 Å². The maximum Gasteiger partial charge on any atom is 0.530 e. The molecule has 1 rings (SSSR count). The SMILES string of the molecule is [B]NOCc1ccc(OP(=O)(OCCO[B])OCCO/C(C)=C/O)cc1. The van der Waals surface area contributed by atoms with Crippen LogP contribution in [0.4, 0.5) is 0 Å². The largest absolute Gasteiger partial charge is 0.530 e. The van der Waals surface area contributed by atoms with Gasteiger partial charge in [-0.15, -0.1) is 0 Å². The highest BCUT2D eigenvalue weighted by atomic mass is 31.2. The molecule has 0 heterocycles. The minimum Gasteiger partial charge on any atom is -0.512 e. The summed E-state index contributed by atoms with van der Waals surface area (Å²) in [5, 5.41) is 10.8. The summed E-state index contributed by atoms with van der Waals surface area (Å²) in [5.41, 5.74) is 0.808. The molecule has 4 radical (unpaired) electrons. The van der Waals surface area contributed by atoms with Crippen LogP contribution in [0.15, 0.2) is 36.3 Å². The Hall–Kier alpha value is -1.48. The van der Waals surface area contributed by atoms with E-state index in [0.717, 1.165) is 11.8 Å². The van der Waals surface area contributed by atoms with E-state index in [1.54, 1.807) is 31.2 Å². The lowest BCUT2D eigenvalue weighted by molar-refractivity contribution is 0.0811. The summed E-state index contributed by atoms with van der Waals surface area (Å²) in [6.45, 7) is 1.64. The van der Waals surface area contributed by atoms with E-state index in [2.05, 4.69) is 10.0 Å². The van der Waals surface area contributed by atoms with Crippen LogP contribution < -0.4 is 9.91 Å². The maximum atomic E-state index is 12.7. The lowest BCUT2D eigenvalue weighted by Gasteiger charge is -2.19. The van der Waals surface area contributed by atoms with E-state index in [0.29, 0.717) is 0 Å². The van der Waals surface area contributed by atoms with Crippen molar-refractivity contribution in [2.45, 2.75) is 13.5 Å². The van der Waals surface area contributed by atoms with E-state index in [1.807, 2.05) is 0 Å². The number of phosphoric acid groups is 1. The first kappa shape index (κ1) is 22.6. The van der Waals surface area contributed by atoms with Gasteiger partial charge in [-0.05, 0) is 24.6 Å². The zero-order valence-electron chi connectivity index (χ0n) is 14.3. The van der Waals surface area contributed by atoms with Crippen LogP contribution in [-0.2, 0) is 34.4 Å². The molecular weight excluding hydrogens is 363 g/mol. The Morgan fingerprint density at radius 3 is 2.42 bits per heavy atom. The summed E-state index contributed by atoms with van der Waals surface area (Å²) in [4.78, 5) is 4.84. The van der Waals surface area contributed by atoms with Crippen LogP contribution in [0.5, 0.6) is 5.75 Å². The zero-order chi connectivity index (χ0) is 19.3. The third-order valence-corrected chi connectivity index (χ3v) is 4.19. The van der Waals surface area contributed by atoms with Gasteiger partial charge in [0.1, 0.15) is 24.4 Å². The van der Waals surface area contributed by atoms with Gasteiger partial charge in [-0.3, -0.25) is 14.4 Å². The van der Waals surface area contributed by atoms with Crippen molar-refractivity contribution in [3.05, 3.63) is 41.9 Å². The van der Waals surface area contributed by atoms with Crippen molar-refractivity contribution in [2.75, 3.05) is 26.4 Å². The zero-order valence-corrected chi connectivity index (χ0v) is 15.2. The number of aliphatic hydroxyl groups is 1. The van der Waals surface area contributed by atoms with Crippen LogP contribution in [0.1, 0.15) is 12.5 Å². The molecule has 0 saturated carbocycles. The second-order valence-corrected chi connectivity index (χ2v) is 6.31. The molecule has 0 spiro atoms. The summed E-state index contributed by atoms with van der Waals surface area (Å²) in [6, 6.07) is 6.53. The summed E-state index contributed by atoms with van der Waals surface area (Å²) in [5.74, 6) is 0.547. The lowest BCUT2D eigenvalue weighted by Crippen LogP contribution is -2.10. The average Bonchev–Trinajstić information content (AvgIpc) is 2.65. The molecule has 9 nitrogen and oxygen atoms in total. The van der Waals surface area contributed by atoms with Gasteiger partial charge in [-0.2, -0.15) is 0 Å². The number of benzene rings is 1. The predicted molar refractivity (Wildman–Crippen MR) is 94.3 cm³/mol. The number of ether oxygens (including phenoxy) is 1. The first-order valence-electron chi connectivity index (χ1n) is 7.53. The van der Waals surface area contributed by atoms with E-state index >= 15 is 0 Å². The Labute approximate surface area is 155 Å². The molecule has 140 valence electrons. The minimum absolute atomic E-state index is 0.00192. The smallest absolute Gasteiger partial charge is 0.512 e. The Bertz CT molecular complexity index is 587. The topological polar surface area (TPSA) is 105 Å². The Kier molecular flexibility index (Phi) is 11.1. The number of aliphatic hydroxyl groups excluding tert-OH is 1. The van der Waals surface area contributed by atoms with E-state index in [-0.39, 0.29) is 44.5 Å². The molecule has 1 unspecified atom stereocenters. The first-order valence-corrected chi connectivity index (χ1v) is 8.99. The van der Waals surface area contributed by atoms with Crippen molar-refractivity contribution in [1.82, 2.24) is 5.39 Å². The minimum atomic E-state index is -3.94. The van der Waals surface area contributed by atoms with Gasteiger partial charge in [-0.25, -0.2) is 4.57 Å². The first-order chi connectivity index (χ1) is 12.5. The summed E-state index contributed by atoms with van der Waals surface area (Å²) in [7, 11) is 5.99. The van der Waals surface area contributed by atoms with Crippen LogP contribution in [0.25, 0.3) is 0 Å². The van der Waals surface area contributed by atoms with Crippen LogP contribution in [-0.4, -0.2) is 47.6 Å². The highest BCUT2D eigenvalue weighted by Crippen LogP contribution is 2.49. The van der Waals surface area contributed by atoms with Gasteiger partial charge in [0.05, 0.1) is 26.4 Å². The number of rotatable bonds is 14. The van der Waals surface area contributed by atoms with Crippen molar-refractivity contribution >= 4 is 23.9 Å². The molecule has 0 aromatic heterocycles. The summed E-state index contributed by atoms with van der Waals surface area (Å²) in [6.07, 6.45) is 0.802. The molecule has 26 heavy (non-hydrogen) atoms. The molecule has 0 aliphatic rings. The van der Waals surface area contributed by atoms with E-state index in [9.17, 15) is 4.57 Å². The van der Waals surface area contributed by atoms with Crippen molar-refractivity contribution in [3.63, 3.8) is 0 Å². The number of hydrogen-bond donors (Lipinski definition) is 2. The lowest BCUT2D eigenvalue weighted by atomic mass is 10.2. The molecule has 12 heteroatoms. The van der Waals surface area contributed by atoms with Gasteiger partial charge in [0.15, 0.2) is 0 Å². The molecule has 0 aliphatic heterocycles. The van der Waals surface area contributed by atoms with Crippen molar-refractivity contribution in [3.8, 4) is 5.75 Å². The highest BCUT2D eigenvalue weighted by Gasteiger charge is 2.28. The van der Waals surface area contributed by atoms with Crippen molar-refractivity contribution < 1.29 is 37.5 Å². The molecule has 2 N–H and O–H groups in total. The normalized spacial score (nSPS) is 14.0. The molecule has 0 aliphatic carbocycles. The fourth-order valence-corrected chi connectivity index (χ4v) is 2.73. The van der Waals surface area contributed by atoms with Gasteiger partial charge in [-0.1, -0.05) is 12.1 Å². The van der Waals surface area contributed by atoms with E-state index in [4.69, 9.17) is 44.3 Å². The van der Waals surface area contributed by atoms with E-state index < -0.39 is 7.82 Å². The fraction of sp³-hybridized carbons (Fsp3) is 0.429. The average molecular weight is 383 g/mol. The summed E-state index contributed by atoms with van der Waals surface area (Å²) < 4.78 is 37.8. The maximum absolute atomic E-state index is 12.7. The standard InChI is InChI=1S/C14H20B2NO8P/c1-12(10-18)20-6-8-23-26(19,24-9-7-21-16)25-14-4-2-13(3-5-14)11-22-17-15/h2-5,10,17-18H,6-9,11H2,1H3/b12-10+. The molecule has 0 bridgehead atoms. The monoisotopic (exact) mass is 383 g/mol. The quantitative estimate of drug-likeness (QED) is 0.164. The number of hydrogen-bond acceptors (Lipinski definition) is 9. The molecule has 1 aromatic rings. The van der Waals surface area contributed by atoms with Gasteiger partial charge in [0.2, 0.25) is 7.98 Å². The third-order valence-electron chi connectivity index (χ3n) is 2.76. The molecule has 0 amide bonds. The van der Waals surface area contributed by atoms with Crippen LogP contribution in [0.2, 0.25) is 0 Å². The van der Waals surface area contributed by atoms with Crippen molar-refractivity contribution in [1.29, 1.82) is 0 Å². The number of phosphoric ester groups is 1. The molecule has 1 atom stereocenters. The van der Waals surface area contributed by atoms with Gasteiger partial charge in [0.25, 0.3) is 8.05 Å². The van der Waals surface area contributed by atoms with Gasteiger partial charge >= 0.3 is 7.82 Å². The van der Waals surface area contributed by atoms with Gasteiger partial charge in [0, 0.05) is 0 Å². The molecule has 1 aromatic carbocycles. The van der Waals surface area contributed by atoms with Crippen LogP contribution >= 0.6 is 7.82 Å². The Morgan fingerprint density at radius 1 is 1.19 bits per heavy atom.